The van der Waals surface area contributed by atoms with Gasteiger partial charge in [0.05, 0.1) is 6.07 Å². The van der Waals surface area contributed by atoms with E-state index in [0.717, 1.165) is 23.2 Å². The first-order valence-electron chi connectivity index (χ1n) is 5.99. The first-order valence-corrected chi connectivity index (χ1v) is 7.60. The van der Waals surface area contributed by atoms with E-state index in [1.807, 2.05) is 12.1 Å². The van der Waals surface area contributed by atoms with Crippen LogP contribution in [0.2, 0.25) is 0 Å². The molecule has 0 aromatic heterocycles. The van der Waals surface area contributed by atoms with E-state index in [1.165, 1.54) is 17.7 Å². The molecule has 1 nitrogen and oxygen atoms in total. The van der Waals surface area contributed by atoms with Gasteiger partial charge >= 0.3 is 0 Å². The molecule has 1 aliphatic carbocycles. The zero-order chi connectivity index (χ0) is 12.3. The van der Waals surface area contributed by atoms with Gasteiger partial charge in [0, 0.05) is 9.37 Å². The second-order valence-electron chi connectivity index (χ2n) is 4.84. The van der Waals surface area contributed by atoms with Crippen LogP contribution in [0.5, 0.6) is 0 Å². The Bertz CT molecular complexity index is 413. The van der Waals surface area contributed by atoms with Crippen LogP contribution in [0.15, 0.2) is 33.6 Å². The molecule has 0 N–H and O–H groups in total. The molecular formula is C14H16BrNS. The summed E-state index contributed by atoms with van der Waals surface area (Å²) in [4.78, 5) is 1.20. The summed E-state index contributed by atoms with van der Waals surface area (Å²) >= 11 is 5.18. The number of hydrogen-bond donors (Lipinski definition) is 0. The predicted octanol–water partition coefficient (Wildman–Crippen LogP) is 5.01. The van der Waals surface area contributed by atoms with Crippen LogP contribution in [0, 0.1) is 17.2 Å². The van der Waals surface area contributed by atoms with E-state index in [1.54, 1.807) is 11.8 Å². The molecular weight excluding hydrogens is 294 g/mol. The Morgan fingerprint density at radius 1 is 1.29 bits per heavy atom. The minimum absolute atomic E-state index is 0.194. The van der Waals surface area contributed by atoms with Crippen LogP contribution in [0.25, 0.3) is 0 Å². The SMILES string of the molecule is CC1CCC(C#N)(Sc2ccc(Br)cc2)CC1. The van der Waals surface area contributed by atoms with Crippen molar-refractivity contribution >= 4 is 27.7 Å². The van der Waals surface area contributed by atoms with Gasteiger partial charge in [0.15, 0.2) is 0 Å². The maximum absolute atomic E-state index is 9.46. The fourth-order valence-electron chi connectivity index (χ4n) is 2.19. The first-order chi connectivity index (χ1) is 8.13. The first kappa shape index (κ1) is 13.0. The molecule has 1 aromatic rings. The summed E-state index contributed by atoms with van der Waals surface area (Å²) in [6.07, 6.45) is 4.39. The molecule has 90 valence electrons. The third-order valence-corrected chi connectivity index (χ3v) is 5.34. The van der Waals surface area contributed by atoms with Crippen molar-refractivity contribution in [3.05, 3.63) is 28.7 Å². The molecule has 0 saturated heterocycles. The molecule has 2 rings (SSSR count). The number of hydrogen-bond acceptors (Lipinski definition) is 2. The Morgan fingerprint density at radius 2 is 1.88 bits per heavy atom. The molecule has 0 amide bonds. The minimum Gasteiger partial charge on any atom is -0.197 e. The van der Waals surface area contributed by atoms with Crippen molar-refractivity contribution < 1.29 is 0 Å². The molecule has 1 fully saturated rings. The molecule has 1 saturated carbocycles. The highest BCUT2D eigenvalue weighted by molar-refractivity contribution is 9.10. The lowest BCUT2D eigenvalue weighted by molar-refractivity contribution is 0.358. The molecule has 17 heavy (non-hydrogen) atoms. The van der Waals surface area contributed by atoms with E-state index < -0.39 is 0 Å². The summed E-state index contributed by atoms with van der Waals surface area (Å²) < 4.78 is 0.894. The highest BCUT2D eigenvalue weighted by atomic mass is 79.9. The number of nitriles is 1. The molecule has 0 unspecified atom stereocenters. The molecule has 0 spiro atoms. The van der Waals surface area contributed by atoms with Crippen molar-refractivity contribution in [1.29, 1.82) is 5.26 Å². The summed E-state index contributed by atoms with van der Waals surface area (Å²) in [7, 11) is 0. The molecule has 0 bridgehead atoms. The van der Waals surface area contributed by atoms with Gasteiger partial charge in [-0.2, -0.15) is 5.26 Å². The summed E-state index contributed by atoms with van der Waals surface area (Å²) in [6, 6.07) is 10.8. The smallest absolute Gasteiger partial charge is 0.107 e. The van der Waals surface area contributed by atoms with Crippen molar-refractivity contribution in [1.82, 2.24) is 0 Å². The zero-order valence-corrected chi connectivity index (χ0v) is 12.4. The molecule has 1 aromatic carbocycles. The van der Waals surface area contributed by atoms with E-state index in [4.69, 9.17) is 0 Å². The van der Waals surface area contributed by atoms with Gasteiger partial charge in [0.25, 0.3) is 0 Å². The maximum atomic E-state index is 9.46. The lowest BCUT2D eigenvalue weighted by Gasteiger charge is -2.33. The highest BCUT2D eigenvalue weighted by Gasteiger charge is 2.35. The van der Waals surface area contributed by atoms with Crippen LogP contribution >= 0.6 is 27.7 Å². The molecule has 1 aliphatic rings. The summed E-state index contributed by atoms with van der Waals surface area (Å²) in [5, 5.41) is 9.46. The van der Waals surface area contributed by atoms with Crippen LogP contribution < -0.4 is 0 Å². The second-order valence-corrected chi connectivity index (χ2v) is 7.22. The number of halogens is 1. The Labute approximate surface area is 116 Å². The highest BCUT2D eigenvalue weighted by Crippen LogP contribution is 2.44. The van der Waals surface area contributed by atoms with Gasteiger partial charge in [-0.05, 0) is 55.9 Å². The Hall–Kier alpha value is -0.460. The second kappa shape index (κ2) is 5.46. The fourth-order valence-corrected chi connectivity index (χ4v) is 3.67. The lowest BCUT2D eigenvalue weighted by Crippen LogP contribution is -2.28. The van der Waals surface area contributed by atoms with Crippen LogP contribution in [-0.2, 0) is 0 Å². The third-order valence-electron chi connectivity index (χ3n) is 3.41. The summed E-state index contributed by atoms with van der Waals surface area (Å²) in [5.74, 6) is 0.780. The largest absolute Gasteiger partial charge is 0.197 e. The molecule has 3 heteroatoms. The van der Waals surface area contributed by atoms with Gasteiger partial charge in [-0.15, -0.1) is 11.8 Å². The molecule has 0 atom stereocenters. The Balaban J connectivity index is 2.10. The lowest BCUT2D eigenvalue weighted by atomic mass is 9.83. The number of nitrogens with zero attached hydrogens (tertiary/aromatic N) is 1. The van der Waals surface area contributed by atoms with Gasteiger partial charge in [-0.1, -0.05) is 22.9 Å². The van der Waals surface area contributed by atoms with E-state index in [9.17, 15) is 5.26 Å². The number of thioether (sulfide) groups is 1. The average molecular weight is 310 g/mol. The number of benzene rings is 1. The van der Waals surface area contributed by atoms with Gasteiger partial charge in [0.2, 0.25) is 0 Å². The Kier molecular flexibility index (Phi) is 4.17. The normalized spacial score (nSPS) is 28.6. The van der Waals surface area contributed by atoms with Crippen molar-refractivity contribution in [3.8, 4) is 6.07 Å². The van der Waals surface area contributed by atoms with E-state index in [-0.39, 0.29) is 4.75 Å². The van der Waals surface area contributed by atoms with Crippen LogP contribution in [0.1, 0.15) is 32.6 Å². The van der Waals surface area contributed by atoms with Crippen molar-refractivity contribution in [2.24, 2.45) is 5.92 Å². The van der Waals surface area contributed by atoms with Crippen molar-refractivity contribution in [2.75, 3.05) is 0 Å². The maximum Gasteiger partial charge on any atom is 0.107 e. The van der Waals surface area contributed by atoms with Gasteiger partial charge in [-0.3, -0.25) is 0 Å². The van der Waals surface area contributed by atoms with Crippen LogP contribution in [0.4, 0.5) is 0 Å². The monoisotopic (exact) mass is 309 g/mol. The van der Waals surface area contributed by atoms with Crippen LogP contribution in [0.3, 0.4) is 0 Å². The summed E-state index contributed by atoms with van der Waals surface area (Å²) in [6.45, 7) is 2.28. The average Bonchev–Trinajstić information content (AvgIpc) is 2.35. The van der Waals surface area contributed by atoms with Gasteiger partial charge < -0.3 is 0 Å². The molecule has 0 heterocycles. The molecule has 0 radical (unpaired) electrons. The zero-order valence-electron chi connectivity index (χ0n) is 9.95. The van der Waals surface area contributed by atoms with Crippen molar-refractivity contribution in [3.63, 3.8) is 0 Å². The van der Waals surface area contributed by atoms with E-state index in [2.05, 4.69) is 41.1 Å². The quantitative estimate of drug-likeness (QED) is 0.766. The predicted molar refractivity (Wildman–Crippen MR) is 76.0 cm³/mol. The van der Waals surface area contributed by atoms with E-state index in [0.29, 0.717) is 0 Å². The van der Waals surface area contributed by atoms with Gasteiger partial charge in [-0.25, -0.2) is 0 Å². The Morgan fingerprint density at radius 3 is 2.41 bits per heavy atom. The standard InChI is InChI=1S/C14H16BrNS/c1-11-6-8-14(10-16,9-7-11)17-13-4-2-12(15)3-5-13/h2-5,11H,6-9H2,1H3. The van der Waals surface area contributed by atoms with E-state index >= 15 is 0 Å². The van der Waals surface area contributed by atoms with Crippen LogP contribution in [-0.4, -0.2) is 4.75 Å². The molecule has 0 aliphatic heterocycles. The summed E-state index contributed by atoms with van der Waals surface area (Å²) in [5.41, 5.74) is 0. The number of rotatable bonds is 2. The van der Waals surface area contributed by atoms with Crippen molar-refractivity contribution in [2.45, 2.75) is 42.2 Å². The topological polar surface area (TPSA) is 23.8 Å². The third kappa shape index (κ3) is 3.26. The van der Waals surface area contributed by atoms with Gasteiger partial charge in [0.1, 0.15) is 4.75 Å². The fraction of sp³-hybridized carbons (Fsp3) is 0.500. The minimum atomic E-state index is -0.194.